The molecule has 0 aromatic carbocycles. The first kappa shape index (κ1) is 14.1. The van der Waals surface area contributed by atoms with E-state index >= 15 is 0 Å². The second-order valence-electron chi connectivity index (χ2n) is 5.28. The monoisotopic (exact) mass is 277 g/mol. The lowest BCUT2D eigenvalue weighted by Crippen LogP contribution is -2.01. The van der Waals surface area contributed by atoms with Crippen molar-refractivity contribution in [3.05, 3.63) is 29.6 Å². The van der Waals surface area contributed by atoms with Crippen molar-refractivity contribution in [1.82, 2.24) is 4.98 Å². The third-order valence-electron chi connectivity index (χ3n) is 3.34. The number of rotatable bonds is 3. The van der Waals surface area contributed by atoms with Gasteiger partial charge >= 0.3 is 0 Å². The fourth-order valence-electron chi connectivity index (χ4n) is 2.39. The first-order valence-corrected chi connectivity index (χ1v) is 8.70. The van der Waals surface area contributed by atoms with Gasteiger partial charge in [0.15, 0.2) is 9.84 Å². The zero-order valence-corrected chi connectivity index (χ0v) is 12.0. The summed E-state index contributed by atoms with van der Waals surface area (Å²) in [4.78, 5) is 4.19. The van der Waals surface area contributed by atoms with Crippen molar-refractivity contribution in [3.63, 3.8) is 0 Å². The number of hydrogen-bond donors (Lipinski definition) is 0. The smallest absolute Gasteiger partial charge is 0.151 e. The van der Waals surface area contributed by atoms with Crippen molar-refractivity contribution in [2.75, 3.05) is 6.26 Å². The van der Waals surface area contributed by atoms with E-state index in [1.165, 1.54) is 31.9 Å². The molecule has 0 radical (unpaired) electrons. The van der Waals surface area contributed by atoms with Crippen LogP contribution in [0.15, 0.2) is 18.3 Å². The lowest BCUT2D eigenvalue weighted by Gasteiger charge is -2.01. The molecule has 1 aromatic heterocycles. The zero-order chi connectivity index (χ0) is 13.7. The fraction of sp³-hybridized carbons (Fsp3) is 0.533. The van der Waals surface area contributed by atoms with Gasteiger partial charge in [-0.1, -0.05) is 24.8 Å². The van der Waals surface area contributed by atoms with Crippen LogP contribution in [0.25, 0.3) is 0 Å². The molecule has 0 amide bonds. The largest absolute Gasteiger partial charge is 0.247 e. The Labute approximate surface area is 115 Å². The Hall–Kier alpha value is -1.34. The fourth-order valence-corrected chi connectivity index (χ4v) is 3.16. The standard InChI is InChI=1S/C15H19NO2S/c1-19(17,18)12-14-9-10-15(16-11-14)8-4-7-13-5-2-3-6-13/h9-11,13H,2-3,5-7,12H2,1H3. The van der Waals surface area contributed by atoms with Gasteiger partial charge in [-0.15, -0.1) is 0 Å². The van der Waals surface area contributed by atoms with Crippen LogP contribution in [0.4, 0.5) is 0 Å². The lowest BCUT2D eigenvalue weighted by atomic mass is 10.0. The highest BCUT2D eigenvalue weighted by atomic mass is 32.2. The molecule has 0 spiro atoms. The Bertz CT molecular complexity index is 573. The summed E-state index contributed by atoms with van der Waals surface area (Å²) in [6, 6.07) is 3.58. The predicted molar refractivity (Wildman–Crippen MR) is 76.2 cm³/mol. The van der Waals surface area contributed by atoms with Gasteiger partial charge in [0.1, 0.15) is 5.69 Å². The van der Waals surface area contributed by atoms with Crippen LogP contribution in [-0.2, 0) is 15.6 Å². The quantitative estimate of drug-likeness (QED) is 0.798. The molecule has 102 valence electrons. The van der Waals surface area contributed by atoms with Gasteiger partial charge in [-0.2, -0.15) is 0 Å². The van der Waals surface area contributed by atoms with Gasteiger partial charge in [-0.25, -0.2) is 13.4 Å². The molecule has 2 rings (SSSR count). The van der Waals surface area contributed by atoms with E-state index in [1.54, 1.807) is 18.3 Å². The maximum Gasteiger partial charge on any atom is 0.151 e. The summed E-state index contributed by atoms with van der Waals surface area (Å²) in [6.07, 6.45) is 9.05. The molecular formula is C15H19NO2S. The number of aromatic nitrogens is 1. The van der Waals surface area contributed by atoms with Gasteiger partial charge in [0.2, 0.25) is 0 Å². The Balaban J connectivity index is 1.93. The van der Waals surface area contributed by atoms with E-state index in [2.05, 4.69) is 16.8 Å². The van der Waals surface area contributed by atoms with E-state index in [1.807, 2.05) is 0 Å². The third-order valence-corrected chi connectivity index (χ3v) is 4.19. The second kappa shape index (κ2) is 6.21. The Morgan fingerprint density at radius 3 is 2.63 bits per heavy atom. The van der Waals surface area contributed by atoms with E-state index < -0.39 is 9.84 Å². The van der Waals surface area contributed by atoms with Crippen LogP contribution in [0.1, 0.15) is 43.4 Å². The Morgan fingerprint density at radius 1 is 1.32 bits per heavy atom. The first-order valence-electron chi connectivity index (χ1n) is 6.64. The predicted octanol–water partition coefficient (Wildman–Crippen LogP) is 2.56. The summed E-state index contributed by atoms with van der Waals surface area (Å²) in [5.41, 5.74) is 1.43. The first-order chi connectivity index (χ1) is 9.03. The van der Waals surface area contributed by atoms with Gasteiger partial charge in [-0.3, -0.25) is 0 Å². The molecule has 0 unspecified atom stereocenters. The van der Waals surface area contributed by atoms with Crippen molar-refractivity contribution in [1.29, 1.82) is 0 Å². The van der Waals surface area contributed by atoms with E-state index in [0.717, 1.165) is 18.0 Å². The van der Waals surface area contributed by atoms with Crippen molar-refractivity contribution < 1.29 is 8.42 Å². The molecule has 0 bridgehead atoms. The second-order valence-corrected chi connectivity index (χ2v) is 7.42. The van der Waals surface area contributed by atoms with Crippen LogP contribution in [0.3, 0.4) is 0 Å². The van der Waals surface area contributed by atoms with Crippen molar-refractivity contribution in [3.8, 4) is 11.8 Å². The van der Waals surface area contributed by atoms with Crippen LogP contribution >= 0.6 is 0 Å². The molecule has 1 aromatic rings. The average Bonchev–Trinajstić information content (AvgIpc) is 2.82. The summed E-state index contributed by atoms with van der Waals surface area (Å²) in [7, 11) is -2.99. The van der Waals surface area contributed by atoms with E-state index in [4.69, 9.17) is 0 Å². The molecule has 19 heavy (non-hydrogen) atoms. The van der Waals surface area contributed by atoms with Crippen LogP contribution in [0.2, 0.25) is 0 Å². The summed E-state index contributed by atoms with van der Waals surface area (Å²) < 4.78 is 22.3. The summed E-state index contributed by atoms with van der Waals surface area (Å²) in [6.45, 7) is 0. The molecule has 0 aliphatic heterocycles. The molecule has 1 saturated carbocycles. The molecule has 0 N–H and O–H groups in total. The third kappa shape index (κ3) is 5.04. The maximum atomic E-state index is 11.1. The van der Waals surface area contributed by atoms with Crippen molar-refractivity contribution in [2.45, 2.75) is 37.9 Å². The Kier molecular flexibility index (Phi) is 4.60. The molecule has 1 heterocycles. The normalized spacial score (nSPS) is 16.1. The highest BCUT2D eigenvalue weighted by Gasteiger charge is 2.12. The molecule has 3 nitrogen and oxygen atoms in total. The minimum absolute atomic E-state index is 0.0375. The van der Waals surface area contributed by atoms with Crippen LogP contribution in [0, 0.1) is 17.8 Å². The topological polar surface area (TPSA) is 47.0 Å². The summed E-state index contributed by atoms with van der Waals surface area (Å²) >= 11 is 0. The summed E-state index contributed by atoms with van der Waals surface area (Å²) in [5.74, 6) is 7.03. The molecule has 1 fully saturated rings. The van der Waals surface area contributed by atoms with Gasteiger partial charge in [0.25, 0.3) is 0 Å². The number of sulfone groups is 1. The van der Waals surface area contributed by atoms with E-state index in [9.17, 15) is 8.42 Å². The minimum Gasteiger partial charge on any atom is -0.247 e. The summed E-state index contributed by atoms with van der Waals surface area (Å²) in [5, 5.41) is 0. The van der Waals surface area contributed by atoms with E-state index in [0.29, 0.717) is 5.56 Å². The number of pyridine rings is 1. The number of hydrogen-bond acceptors (Lipinski definition) is 3. The van der Waals surface area contributed by atoms with Gasteiger partial charge in [0.05, 0.1) is 5.75 Å². The van der Waals surface area contributed by atoms with Gasteiger partial charge in [0, 0.05) is 18.9 Å². The highest BCUT2D eigenvalue weighted by molar-refractivity contribution is 7.89. The van der Waals surface area contributed by atoms with Gasteiger partial charge in [-0.05, 0) is 36.3 Å². The minimum atomic E-state index is -2.99. The van der Waals surface area contributed by atoms with Crippen LogP contribution in [-0.4, -0.2) is 19.7 Å². The SMILES string of the molecule is CS(=O)(=O)Cc1ccc(C#CCC2CCCC2)nc1. The molecule has 0 atom stereocenters. The van der Waals surface area contributed by atoms with E-state index in [-0.39, 0.29) is 5.75 Å². The molecule has 4 heteroatoms. The van der Waals surface area contributed by atoms with Crippen LogP contribution < -0.4 is 0 Å². The van der Waals surface area contributed by atoms with Crippen molar-refractivity contribution >= 4 is 9.84 Å². The van der Waals surface area contributed by atoms with Gasteiger partial charge < -0.3 is 0 Å². The average molecular weight is 277 g/mol. The molecular weight excluding hydrogens is 258 g/mol. The lowest BCUT2D eigenvalue weighted by molar-refractivity contribution is 0.566. The zero-order valence-electron chi connectivity index (χ0n) is 11.2. The van der Waals surface area contributed by atoms with Crippen molar-refractivity contribution in [2.24, 2.45) is 5.92 Å². The highest BCUT2D eigenvalue weighted by Crippen LogP contribution is 2.26. The molecule has 1 aliphatic rings. The molecule has 1 aliphatic carbocycles. The number of nitrogens with zero attached hydrogens (tertiary/aromatic N) is 1. The maximum absolute atomic E-state index is 11.1. The molecule has 0 saturated heterocycles. The Morgan fingerprint density at radius 2 is 2.05 bits per heavy atom. The van der Waals surface area contributed by atoms with Crippen LogP contribution in [0.5, 0.6) is 0 Å².